The first-order valence-electron chi connectivity index (χ1n) is 4.87. The van der Waals surface area contributed by atoms with Crippen molar-refractivity contribution in [1.29, 1.82) is 0 Å². The summed E-state index contributed by atoms with van der Waals surface area (Å²) in [6, 6.07) is 4.05. The monoisotopic (exact) mass is 206 g/mol. The predicted octanol–water partition coefficient (Wildman–Crippen LogP) is 1.95. The standard InChI is InChI=1S/C11H11FN2O/c1-2-5-14-7-13-10-4-3-8(12)6-9(10)11(14)15/h3-4,6-7H,2,5H2,1H3. The Balaban J connectivity index is 2.71. The van der Waals surface area contributed by atoms with Gasteiger partial charge in [-0.05, 0) is 24.6 Å². The quantitative estimate of drug-likeness (QED) is 0.752. The van der Waals surface area contributed by atoms with Gasteiger partial charge in [-0.3, -0.25) is 9.36 Å². The van der Waals surface area contributed by atoms with E-state index in [4.69, 9.17) is 0 Å². The number of rotatable bonds is 2. The molecule has 2 aromatic rings. The van der Waals surface area contributed by atoms with Crippen molar-refractivity contribution in [3.05, 3.63) is 40.7 Å². The van der Waals surface area contributed by atoms with Gasteiger partial charge in [-0.2, -0.15) is 0 Å². The minimum absolute atomic E-state index is 0.179. The van der Waals surface area contributed by atoms with Crippen LogP contribution in [-0.2, 0) is 6.54 Å². The van der Waals surface area contributed by atoms with Crippen LogP contribution in [0.1, 0.15) is 13.3 Å². The van der Waals surface area contributed by atoms with E-state index in [0.29, 0.717) is 17.4 Å². The lowest BCUT2D eigenvalue weighted by atomic mass is 10.2. The zero-order valence-corrected chi connectivity index (χ0v) is 8.40. The maximum absolute atomic E-state index is 13.0. The fourth-order valence-electron chi connectivity index (χ4n) is 1.53. The Morgan fingerprint density at radius 3 is 3.00 bits per heavy atom. The lowest BCUT2D eigenvalue weighted by Gasteiger charge is -2.04. The van der Waals surface area contributed by atoms with Crippen LogP contribution in [0.25, 0.3) is 10.9 Å². The van der Waals surface area contributed by atoms with Gasteiger partial charge in [-0.1, -0.05) is 6.92 Å². The molecule has 0 saturated carbocycles. The third-order valence-corrected chi connectivity index (χ3v) is 2.25. The second-order valence-electron chi connectivity index (χ2n) is 3.40. The zero-order chi connectivity index (χ0) is 10.8. The second-order valence-corrected chi connectivity index (χ2v) is 3.40. The number of aryl methyl sites for hydroxylation is 1. The summed E-state index contributed by atoms with van der Waals surface area (Å²) >= 11 is 0. The van der Waals surface area contributed by atoms with Crippen molar-refractivity contribution in [2.45, 2.75) is 19.9 Å². The van der Waals surface area contributed by atoms with Gasteiger partial charge in [0.15, 0.2) is 0 Å². The van der Waals surface area contributed by atoms with Crippen LogP contribution in [0.2, 0.25) is 0 Å². The first-order chi connectivity index (χ1) is 7.22. The van der Waals surface area contributed by atoms with Crippen molar-refractivity contribution in [3.8, 4) is 0 Å². The number of benzene rings is 1. The fourth-order valence-corrected chi connectivity index (χ4v) is 1.53. The number of hydrogen-bond acceptors (Lipinski definition) is 2. The Morgan fingerprint density at radius 1 is 1.47 bits per heavy atom. The van der Waals surface area contributed by atoms with Gasteiger partial charge in [0, 0.05) is 6.54 Å². The molecule has 1 heterocycles. The summed E-state index contributed by atoms with van der Waals surface area (Å²) in [5, 5.41) is 0.339. The molecule has 0 bridgehead atoms. The van der Waals surface area contributed by atoms with E-state index < -0.39 is 5.82 Å². The second kappa shape index (κ2) is 3.81. The van der Waals surface area contributed by atoms with Gasteiger partial charge in [0.05, 0.1) is 17.2 Å². The van der Waals surface area contributed by atoms with Gasteiger partial charge < -0.3 is 0 Å². The molecule has 0 spiro atoms. The van der Waals surface area contributed by atoms with Crippen LogP contribution in [0.4, 0.5) is 4.39 Å². The molecular weight excluding hydrogens is 195 g/mol. The van der Waals surface area contributed by atoms with E-state index in [1.807, 2.05) is 6.92 Å². The molecule has 0 radical (unpaired) electrons. The van der Waals surface area contributed by atoms with E-state index in [9.17, 15) is 9.18 Å². The first kappa shape index (κ1) is 9.83. The number of aromatic nitrogens is 2. The molecule has 0 atom stereocenters. The van der Waals surface area contributed by atoms with Crippen molar-refractivity contribution >= 4 is 10.9 Å². The molecule has 0 saturated heterocycles. The Kier molecular flexibility index (Phi) is 2.49. The van der Waals surface area contributed by atoms with E-state index in [1.165, 1.54) is 29.1 Å². The van der Waals surface area contributed by atoms with Crippen LogP contribution in [0.5, 0.6) is 0 Å². The van der Waals surface area contributed by atoms with Crippen LogP contribution in [0.15, 0.2) is 29.3 Å². The molecule has 0 aliphatic heterocycles. The van der Waals surface area contributed by atoms with Crippen molar-refractivity contribution < 1.29 is 4.39 Å². The lowest BCUT2D eigenvalue weighted by Crippen LogP contribution is -2.20. The largest absolute Gasteiger partial charge is 0.299 e. The summed E-state index contributed by atoms with van der Waals surface area (Å²) in [6.45, 7) is 2.58. The highest BCUT2D eigenvalue weighted by Crippen LogP contribution is 2.08. The fraction of sp³-hybridized carbons (Fsp3) is 0.273. The Labute approximate surface area is 86.2 Å². The van der Waals surface area contributed by atoms with Crippen molar-refractivity contribution in [2.24, 2.45) is 0 Å². The maximum Gasteiger partial charge on any atom is 0.261 e. The topological polar surface area (TPSA) is 34.9 Å². The molecule has 0 unspecified atom stereocenters. The molecular formula is C11H11FN2O. The molecule has 2 rings (SSSR count). The van der Waals surface area contributed by atoms with Crippen LogP contribution in [0, 0.1) is 5.82 Å². The molecule has 0 amide bonds. The minimum Gasteiger partial charge on any atom is -0.299 e. The average molecular weight is 206 g/mol. The minimum atomic E-state index is -0.407. The molecule has 1 aromatic carbocycles. The summed E-state index contributed by atoms with van der Waals surface area (Å²) in [5.74, 6) is -0.407. The molecule has 78 valence electrons. The first-order valence-corrected chi connectivity index (χ1v) is 4.87. The maximum atomic E-state index is 13.0. The molecule has 0 N–H and O–H groups in total. The summed E-state index contributed by atoms with van der Waals surface area (Å²) in [4.78, 5) is 15.9. The van der Waals surface area contributed by atoms with E-state index in [-0.39, 0.29) is 5.56 Å². The van der Waals surface area contributed by atoms with Gasteiger partial charge in [0.2, 0.25) is 0 Å². The smallest absolute Gasteiger partial charge is 0.261 e. The zero-order valence-electron chi connectivity index (χ0n) is 8.40. The third kappa shape index (κ3) is 1.75. The Morgan fingerprint density at radius 2 is 2.27 bits per heavy atom. The van der Waals surface area contributed by atoms with Crippen molar-refractivity contribution in [1.82, 2.24) is 9.55 Å². The van der Waals surface area contributed by atoms with Gasteiger partial charge >= 0.3 is 0 Å². The molecule has 3 nitrogen and oxygen atoms in total. The molecule has 0 fully saturated rings. The number of nitrogens with zero attached hydrogens (tertiary/aromatic N) is 2. The predicted molar refractivity (Wildman–Crippen MR) is 56.3 cm³/mol. The summed E-state index contributed by atoms with van der Waals surface area (Å²) in [7, 11) is 0. The van der Waals surface area contributed by atoms with E-state index >= 15 is 0 Å². The molecule has 1 aromatic heterocycles. The van der Waals surface area contributed by atoms with Crippen LogP contribution < -0.4 is 5.56 Å². The Bertz CT molecular complexity index is 548. The van der Waals surface area contributed by atoms with E-state index in [2.05, 4.69) is 4.98 Å². The van der Waals surface area contributed by atoms with Gasteiger partial charge in [-0.15, -0.1) is 0 Å². The van der Waals surface area contributed by atoms with Crippen molar-refractivity contribution in [2.75, 3.05) is 0 Å². The highest BCUT2D eigenvalue weighted by Gasteiger charge is 2.04. The van der Waals surface area contributed by atoms with E-state index in [0.717, 1.165) is 6.42 Å². The molecule has 15 heavy (non-hydrogen) atoms. The van der Waals surface area contributed by atoms with Crippen molar-refractivity contribution in [3.63, 3.8) is 0 Å². The van der Waals surface area contributed by atoms with Gasteiger partial charge in [0.1, 0.15) is 5.82 Å². The van der Waals surface area contributed by atoms with E-state index in [1.54, 1.807) is 0 Å². The molecule has 0 aliphatic carbocycles. The summed E-state index contributed by atoms with van der Waals surface area (Å²) in [5.41, 5.74) is 0.357. The highest BCUT2D eigenvalue weighted by molar-refractivity contribution is 5.77. The van der Waals surface area contributed by atoms with Gasteiger partial charge in [-0.25, -0.2) is 9.37 Å². The number of hydrogen-bond donors (Lipinski definition) is 0. The Hall–Kier alpha value is -1.71. The highest BCUT2D eigenvalue weighted by atomic mass is 19.1. The van der Waals surface area contributed by atoms with Crippen LogP contribution in [0.3, 0.4) is 0 Å². The third-order valence-electron chi connectivity index (χ3n) is 2.25. The summed E-state index contributed by atoms with van der Waals surface area (Å²) < 4.78 is 14.5. The molecule has 0 aliphatic rings. The molecule has 4 heteroatoms. The van der Waals surface area contributed by atoms with Crippen LogP contribution in [-0.4, -0.2) is 9.55 Å². The summed E-state index contributed by atoms with van der Waals surface area (Å²) in [6.07, 6.45) is 2.36. The SMILES string of the molecule is CCCn1cnc2ccc(F)cc2c1=O. The number of fused-ring (bicyclic) bond motifs is 1. The average Bonchev–Trinajstić information content (AvgIpc) is 2.23. The lowest BCUT2D eigenvalue weighted by molar-refractivity contribution is 0.626. The number of halogens is 1. The van der Waals surface area contributed by atoms with Crippen LogP contribution >= 0.6 is 0 Å². The van der Waals surface area contributed by atoms with Gasteiger partial charge in [0.25, 0.3) is 5.56 Å². The normalized spacial score (nSPS) is 10.8.